The number of thioether (sulfide) groups is 1. The summed E-state index contributed by atoms with van der Waals surface area (Å²) in [7, 11) is 0. The Kier molecular flexibility index (Phi) is 3.84. The Morgan fingerprint density at radius 1 is 1.43 bits per heavy atom. The van der Waals surface area contributed by atoms with Gasteiger partial charge in [0, 0.05) is 23.3 Å². The average molecular weight is 320 g/mol. The summed E-state index contributed by atoms with van der Waals surface area (Å²) in [6.07, 6.45) is 1.65. The molecule has 0 saturated heterocycles. The smallest absolute Gasteiger partial charge is 0.236 e. The van der Waals surface area contributed by atoms with Gasteiger partial charge in [0.05, 0.1) is 5.75 Å². The number of hydrogen-bond acceptors (Lipinski definition) is 7. The molecular formula is C12H12N6OS2. The molecule has 0 aliphatic heterocycles. The van der Waals surface area contributed by atoms with Crippen LogP contribution in [0.25, 0.3) is 5.65 Å². The summed E-state index contributed by atoms with van der Waals surface area (Å²) in [6.45, 7) is 3.80. The Hall–Kier alpha value is -2.00. The monoisotopic (exact) mass is 320 g/mol. The Morgan fingerprint density at radius 2 is 2.29 bits per heavy atom. The van der Waals surface area contributed by atoms with Crippen molar-refractivity contribution in [2.45, 2.75) is 19.0 Å². The zero-order valence-corrected chi connectivity index (χ0v) is 13.0. The summed E-state index contributed by atoms with van der Waals surface area (Å²) in [5.41, 5.74) is 1.63. The Bertz CT molecular complexity index is 783. The summed E-state index contributed by atoms with van der Waals surface area (Å²) in [5, 5.41) is 14.0. The van der Waals surface area contributed by atoms with E-state index in [2.05, 4.69) is 25.5 Å². The van der Waals surface area contributed by atoms with Gasteiger partial charge < -0.3 is 5.32 Å². The molecule has 21 heavy (non-hydrogen) atoms. The van der Waals surface area contributed by atoms with E-state index in [1.165, 1.54) is 23.1 Å². The zero-order chi connectivity index (χ0) is 14.8. The number of carbonyl (C=O) groups is 1. The van der Waals surface area contributed by atoms with E-state index in [0.717, 1.165) is 17.2 Å². The van der Waals surface area contributed by atoms with E-state index in [0.29, 0.717) is 10.3 Å². The van der Waals surface area contributed by atoms with Gasteiger partial charge in [0.15, 0.2) is 15.9 Å². The molecule has 3 rings (SSSR count). The van der Waals surface area contributed by atoms with Gasteiger partial charge in [-0.3, -0.25) is 9.20 Å². The van der Waals surface area contributed by atoms with Gasteiger partial charge in [0.25, 0.3) is 0 Å². The van der Waals surface area contributed by atoms with Crippen molar-refractivity contribution in [2.24, 2.45) is 0 Å². The second-order valence-corrected chi connectivity index (χ2v) is 6.13. The fourth-order valence-corrected chi connectivity index (χ4v) is 3.20. The largest absolute Gasteiger partial charge is 0.301 e. The molecule has 0 saturated carbocycles. The number of hydrogen-bond donors (Lipinski definition) is 1. The van der Waals surface area contributed by atoms with E-state index in [4.69, 9.17) is 0 Å². The van der Waals surface area contributed by atoms with Crippen molar-refractivity contribution in [1.82, 2.24) is 24.6 Å². The van der Waals surface area contributed by atoms with Crippen molar-refractivity contribution >= 4 is 39.8 Å². The van der Waals surface area contributed by atoms with Crippen LogP contribution >= 0.6 is 23.1 Å². The third-order valence-electron chi connectivity index (χ3n) is 2.67. The topological polar surface area (TPSA) is 85.1 Å². The molecule has 0 aliphatic rings. The quantitative estimate of drug-likeness (QED) is 0.739. The SMILES string of the molecule is Cc1cc2nnc(SCC(=O)Nc3nccs3)n2c(C)n1. The van der Waals surface area contributed by atoms with Gasteiger partial charge in [-0.05, 0) is 13.8 Å². The molecule has 0 unspecified atom stereocenters. The second kappa shape index (κ2) is 5.78. The summed E-state index contributed by atoms with van der Waals surface area (Å²) in [5.74, 6) is 0.926. The van der Waals surface area contributed by atoms with Gasteiger partial charge >= 0.3 is 0 Å². The lowest BCUT2D eigenvalue weighted by Crippen LogP contribution is -2.14. The summed E-state index contributed by atoms with van der Waals surface area (Å²) < 4.78 is 1.84. The van der Waals surface area contributed by atoms with E-state index in [-0.39, 0.29) is 11.7 Å². The van der Waals surface area contributed by atoms with E-state index in [1.54, 1.807) is 6.20 Å². The van der Waals surface area contributed by atoms with Crippen LogP contribution in [0.2, 0.25) is 0 Å². The number of fused-ring (bicyclic) bond motifs is 1. The molecule has 0 fully saturated rings. The number of aryl methyl sites for hydroxylation is 2. The molecule has 3 heterocycles. The molecule has 7 nitrogen and oxygen atoms in total. The number of thiazole rings is 1. The minimum atomic E-state index is -0.121. The van der Waals surface area contributed by atoms with Crippen LogP contribution in [0.15, 0.2) is 22.8 Å². The number of aromatic nitrogens is 5. The molecule has 108 valence electrons. The average Bonchev–Trinajstić information content (AvgIpc) is 3.05. The van der Waals surface area contributed by atoms with Gasteiger partial charge in [-0.2, -0.15) is 0 Å². The third-order valence-corrected chi connectivity index (χ3v) is 4.29. The first-order valence-corrected chi connectivity index (χ1v) is 8.01. The van der Waals surface area contributed by atoms with Crippen LogP contribution in [-0.4, -0.2) is 36.2 Å². The fourth-order valence-electron chi connectivity index (χ4n) is 1.87. The van der Waals surface area contributed by atoms with Gasteiger partial charge in [0.1, 0.15) is 5.82 Å². The number of carbonyl (C=O) groups excluding carboxylic acids is 1. The molecule has 0 bridgehead atoms. The van der Waals surface area contributed by atoms with Crippen molar-refractivity contribution in [3.8, 4) is 0 Å². The maximum absolute atomic E-state index is 11.8. The van der Waals surface area contributed by atoms with Crippen LogP contribution in [-0.2, 0) is 4.79 Å². The summed E-state index contributed by atoms with van der Waals surface area (Å²) in [6, 6.07) is 1.86. The van der Waals surface area contributed by atoms with Crippen LogP contribution in [0.1, 0.15) is 11.5 Å². The van der Waals surface area contributed by atoms with Gasteiger partial charge in [0.2, 0.25) is 5.91 Å². The summed E-state index contributed by atoms with van der Waals surface area (Å²) in [4.78, 5) is 20.2. The van der Waals surface area contributed by atoms with Crippen LogP contribution in [0.5, 0.6) is 0 Å². The van der Waals surface area contributed by atoms with Crippen molar-refractivity contribution in [3.63, 3.8) is 0 Å². The molecule has 0 atom stereocenters. The van der Waals surface area contributed by atoms with Gasteiger partial charge in [-0.25, -0.2) is 9.97 Å². The highest BCUT2D eigenvalue weighted by molar-refractivity contribution is 7.99. The first-order chi connectivity index (χ1) is 10.1. The molecule has 3 aromatic heterocycles. The highest BCUT2D eigenvalue weighted by Gasteiger charge is 2.12. The lowest BCUT2D eigenvalue weighted by Gasteiger charge is -2.04. The maximum atomic E-state index is 11.8. The molecule has 1 N–H and O–H groups in total. The van der Waals surface area contributed by atoms with Gasteiger partial charge in [-0.15, -0.1) is 21.5 Å². The lowest BCUT2D eigenvalue weighted by molar-refractivity contribution is -0.113. The van der Waals surface area contributed by atoms with Crippen molar-refractivity contribution in [2.75, 3.05) is 11.1 Å². The molecule has 3 aromatic rings. The number of amides is 1. The van der Waals surface area contributed by atoms with Crippen LogP contribution < -0.4 is 5.32 Å². The molecule has 0 aromatic carbocycles. The van der Waals surface area contributed by atoms with E-state index in [9.17, 15) is 4.79 Å². The van der Waals surface area contributed by atoms with Crippen LogP contribution in [0.3, 0.4) is 0 Å². The minimum absolute atomic E-state index is 0.121. The van der Waals surface area contributed by atoms with Crippen molar-refractivity contribution in [1.29, 1.82) is 0 Å². The standard InChI is InChI=1S/C12H12N6OS2/c1-7-5-9-16-17-12(18(9)8(2)14-7)21-6-10(19)15-11-13-3-4-20-11/h3-5H,6H2,1-2H3,(H,13,15,19). The highest BCUT2D eigenvalue weighted by Crippen LogP contribution is 2.19. The number of rotatable bonds is 4. The van der Waals surface area contributed by atoms with Crippen LogP contribution in [0.4, 0.5) is 5.13 Å². The Morgan fingerprint density at radius 3 is 3.05 bits per heavy atom. The number of nitrogens with zero attached hydrogens (tertiary/aromatic N) is 5. The Labute approximate surface area is 128 Å². The van der Waals surface area contributed by atoms with Crippen molar-refractivity contribution in [3.05, 3.63) is 29.2 Å². The third kappa shape index (κ3) is 3.03. The predicted octanol–water partition coefficient (Wildman–Crippen LogP) is 1.93. The second-order valence-electron chi connectivity index (χ2n) is 4.30. The molecule has 0 spiro atoms. The molecule has 1 amide bonds. The lowest BCUT2D eigenvalue weighted by atomic mass is 10.4. The number of anilines is 1. The number of nitrogens with one attached hydrogen (secondary N) is 1. The van der Waals surface area contributed by atoms with Crippen LogP contribution in [0, 0.1) is 13.8 Å². The van der Waals surface area contributed by atoms with Crippen molar-refractivity contribution < 1.29 is 4.79 Å². The molecule has 0 aliphatic carbocycles. The first kappa shape index (κ1) is 14.0. The van der Waals surface area contributed by atoms with E-state index >= 15 is 0 Å². The van der Waals surface area contributed by atoms with Gasteiger partial charge in [-0.1, -0.05) is 11.8 Å². The summed E-state index contributed by atoms with van der Waals surface area (Å²) >= 11 is 2.71. The predicted molar refractivity (Wildman–Crippen MR) is 81.7 cm³/mol. The molecule has 9 heteroatoms. The molecular weight excluding hydrogens is 308 g/mol. The molecule has 0 radical (unpaired) electrons. The maximum Gasteiger partial charge on any atom is 0.236 e. The van der Waals surface area contributed by atoms with E-state index < -0.39 is 0 Å². The minimum Gasteiger partial charge on any atom is -0.301 e. The highest BCUT2D eigenvalue weighted by atomic mass is 32.2. The first-order valence-electron chi connectivity index (χ1n) is 6.15. The fraction of sp³-hybridized carbons (Fsp3) is 0.250. The normalized spacial score (nSPS) is 11.0. The van der Waals surface area contributed by atoms with E-state index in [1.807, 2.05) is 29.7 Å². The zero-order valence-electron chi connectivity index (χ0n) is 11.4. The Balaban J connectivity index is 1.72.